The van der Waals surface area contributed by atoms with Gasteiger partial charge in [0.1, 0.15) is 18.6 Å². The van der Waals surface area contributed by atoms with Gasteiger partial charge in [-0.25, -0.2) is 0 Å². The zero-order chi connectivity index (χ0) is 17.7. The Hall–Kier alpha value is -2.21. The van der Waals surface area contributed by atoms with Crippen molar-refractivity contribution in [2.75, 3.05) is 12.3 Å². The van der Waals surface area contributed by atoms with Crippen molar-refractivity contribution < 1.29 is 29.4 Å². The number of aliphatic carboxylic acids is 2. The third-order valence-corrected chi connectivity index (χ3v) is 2.61. The van der Waals surface area contributed by atoms with Crippen molar-refractivity contribution in [3.05, 3.63) is 9.93 Å². The summed E-state index contributed by atoms with van der Waals surface area (Å²) in [6, 6.07) is -2.15. The molecule has 6 N–H and O–H groups in total. The molecule has 0 aliphatic carbocycles. The molecule has 0 spiro atoms. The Labute approximate surface area is 130 Å². The van der Waals surface area contributed by atoms with Gasteiger partial charge in [0.2, 0.25) is 11.8 Å². The van der Waals surface area contributed by atoms with E-state index in [0.29, 0.717) is 0 Å². The maximum absolute atomic E-state index is 11.5. The van der Waals surface area contributed by atoms with Crippen LogP contribution in [-0.2, 0) is 19.2 Å². The molecule has 0 rings (SSSR count). The minimum absolute atomic E-state index is 0.0256. The van der Waals surface area contributed by atoms with Crippen molar-refractivity contribution in [3.8, 4) is 0 Å². The fraction of sp³-hybridized carbons (Fsp3) is 0.600. The van der Waals surface area contributed by atoms with E-state index in [2.05, 4.69) is 23.3 Å². The molecule has 0 aromatic carbocycles. The van der Waals surface area contributed by atoms with Gasteiger partial charge in [0.05, 0.1) is 0 Å². The lowest BCUT2D eigenvalue weighted by atomic mass is 10.1. The van der Waals surface area contributed by atoms with Gasteiger partial charge < -0.3 is 26.6 Å². The number of hydrogen-bond acceptors (Lipinski definition) is 8. The highest BCUT2D eigenvalue weighted by molar-refractivity contribution is 7.80. The van der Waals surface area contributed by atoms with Crippen molar-refractivity contribution in [2.24, 2.45) is 5.73 Å². The van der Waals surface area contributed by atoms with Gasteiger partial charge in [-0.2, -0.15) is 12.6 Å². The molecule has 126 valence electrons. The van der Waals surface area contributed by atoms with E-state index in [1.807, 2.05) is 0 Å². The van der Waals surface area contributed by atoms with Crippen molar-refractivity contribution in [2.45, 2.75) is 24.9 Å². The highest BCUT2D eigenvalue weighted by Gasteiger charge is 2.20. The summed E-state index contributed by atoms with van der Waals surface area (Å²) >= 11 is 3.87. The minimum atomic E-state index is -1.22. The molecule has 12 heteroatoms. The second-order valence-corrected chi connectivity index (χ2v) is 4.26. The van der Waals surface area contributed by atoms with Crippen LogP contribution in [0.1, 0.15) is 12.8 Å². The van der Waals surface area contributed by atoms with Gasteiger partial charge in [-0.05, 0) is 6.42 Å². The predicted octanol–water partition coefficient (Wildman–Crippen LogP) is -2.14. The summed E-state index contributed by atoms with van der Waals surface area (Å²) in [5, 5.41) is 21.4. The molecule has 2 unspecified atom stereocenters. The molecule has 0 bridgehead atoms. The SMILES string of the molecule is NC(CCC(=O)NC(CS)C(=O)NCC(=O)O)C(=O)O.O=O. The van der Waals surface area contributed by atoms with Crippen molar-refractivity contribution in [1.29, 1.82) is 0 Å². The zero-order valence-corrected chi connectivity index (χ0v) is 12.2. The first kappa shape index (κ1) is 22.1. The number of carboxylic acid groups (broad SMARTS) is 2. The number of rotatable bonds is 9. The third-order valence-electron chi connectivity index (χ3n) is 2.25. The normalized spacial score (nSPS) is 12.1. The van der Waals surface area contributed by atoms with E-state index in [1.165, 1.54) is 0 Å². The highest BCUT2D eigenvalue weighted by Crippen LogP contribution is 1.97. The molecule has 0 aromatic heterocycles. The summed E-state index contributed by atoms with van der Waals surface area (Å²) in [4.78, 5) is 57.7. The smallest absolute Gasteiger partial charge is 0.322 e. The minimum Gasteiger partial charge on any atom is -0.480 e. The van der Waals surface area contributed by atoms with E-state index in [-0.39, 0.29) is 18.6 Å². The quantitative estimate of drug-likeness (QED) is 0.254. The average Bonchev–Trinajstić information content (AvgIpc) is 2.49. The lowest BCUT2D eigenvalue weighted by molar-refractivity contribution is -0.139. The zero-order valence-electron chi connectivity index (χ0n) is 11.4. The van der Waals surface area contributed by atoms with Crippen LogP contribution >= 0.6 is 12.6 Å². The Morgan fingerprint density at radius 2 is 1.68 bits per heavy atom. The average molecular weight is 339 g/mol. The molecule has 11 nitrogen and oxygen atoms in total. The van der Waals surface area contributed by atoms with E-state index < -0.39 is 42.4 Å². The first-order valence-electron chi connectivity index (χ1n) is 5.82. The number of carbonyl (C=O) groups is 4. The van der Waals surface area contributed by atoms with E-state index in [0.717, 1.165) is 0 Å². The Morgan fingerprint density at radius 1 is 1.14 bits per heavy atom. The summed E-state index contributed by atoms with van der Waals surface area (Å²) in [5.41, 5.74) is 5.23. The maximum atomic E-state index is 11.5. The molecule has 0 heterocycles. The standard InChI is InChI=1S/C10H17N3O6S.O2/c11-5(10(18)19)1-2-7(14)13-6(4-20)9(17)12-3-8(15)16;1-2/h5-6,20H,1-4,11H2,(H,12,17)(H,13,14)(H,15,16)(H,18,19);. The first-order valence-corrected chi connectivity index (χ1v) is 6.46. The molecule has 0 aromatic rings. The lowest BCUT2D eigenvalue weighted by Crippen LogP contribution is -2.49. The number of thiol groups is 1. The Morgan fingerprint density at radius 3 is 2.09 bits per heavy atom. The first-order chi connectivity index (χ1) is 10.3. The second kappa shape index (κ2) is 12.5. The van der Waals surface area contributed by atoms with Crippen LogP contribution < -0.4 is 16.4 Å². The van der Waals surface area contributed by atoms with Gasteiger partial charge in [-0.1, -0.05) is 0 Å². The summed E-state index contributed by atoms with van der Waals surface area (Å²) in [5.74, 6) is -3.70. The lowest BCUT2D eigenvalue weighted by Gasteiger charge is -2.16. The summed E-state index contributed by atoms with van der Waals surface area (Å²) in [7, 11) is 0. The number of nitrogens with two attached hydrogens (primary N) is 1. The van der Waals surface area contributed by atoms with Crippen LogP contribution in [-0.4, -0.2) is 58.3 Å². The van der Waals surface area contributed by atoms with Crippen molar-refractivity contribution >= 4 is 36.4 Å². The van der Waals surface area contributed by atoms with Gasteiger partial charge in [-0.3, -0.25) is 19.2 Å². The van der Waals surface area contributed by atoms with E-state index >= 15 is 0 Å². The van der Waals surface area contributed by atoms with Crippen LogP contribution in [0.3, 0.4) is 0 Å². The Kier molecular flexibility index (Phi) is 12.6. The maximum Gasteiger partial charge on any atom is 0.322 e. The summed E-state index contributed by atoms with van der Waals surface area (Å²) in [6.45, 7) is -0.567. The highest BCUT2D eigenvalue weighted by atomic mass is 32.1. The van der Waals surface area contributed by atoms with Crippen LogP contribution in [0.5, 0.6) is 0 Å². The molecule has 0 saturated heterocycles. The van der Waals surface area contributed by atoms with Crippen LogP contribution in [0, 0.1) is 9.93 Å². The molecular formula is C10H17N3O8S. The van der Waals surface area contributed by atoms with E-state index in [9.17, 15) is 19.2 Å². The molecule has 0 aliphatic rings. The predicted molar refractivity (Wildman–Crippen MR) is 78.0 cm³/mol. The molecule has 0 fully saturated rings. The van der Waals surface area contributed by atoms with E-state index in [4.69, 9.17) is 25.9 Å². The fourth-order valence-corrected chi connectivity index (χ4v) is 1.41. The summed E-state index contributed by atoms with van der Waals surface area (Å²) < 4.78 is 0. The largest absolute Gasteiger partial charge is 0.480 e. The van der Waals surface area contributed by atoms with Gasteiger partial charge in [-0.15, -0.1) is 0 Å². The van der Waals surface area contributed by atoms with Crippen LogP contribution in [0.4, 0.5) is 0 Å². The topological polar surface area (TPSA) is 193 Å². The van der Waals surface area contributed by atoms with Gasteiger partial charge >= 0.3 is 11.9 Å². The van der Waals surface area contributed by atoms with E-state index in [1.54, 1.807) is 0 Å². The number of nitrogens with one attached hydrogen (secondary N) is 2. The van der Waals surface area contributed by atoms with Crippen LogP contribution in [0.25, 0.3) is 0 Å². The molecule has 2 amide bonds. The number of carbonyl (C=O) groups excluding carboxylic acids is 2. The molecule has 2 atom stereocenters. The molecule has 22 heavy (non-hydrogen) atoms. The Balaban J connectivity index is 0. The monoisotopic (exact) mass is 339 g/mol. The van der Waals surface area contributed by atoms with Gasteiger partial charge in [0, 0.05) is 22.1 Å². The Bertz CT molecular complexity index is 406. The number of amides is 2. The molecule has 0 aliphatic heterocycles. The van der Waals surface area contributed by atoms with Crippen molar-refractivity contribution in [1.82, 2.24) is 10.6 Å². The summed E-state index contributed by atoms with van der Waals surface area (Å²) in [6.07, 6.45) is -0.235. The van der Waals surface area contributed by atoms with Gasteiger partial charge in [0.15, 0.2) is 0 Å². The molecular weight excluding hydrogens is 322 g/mol. The van der Waals surface area contributed by atoms with Crippen LogP contribution in [0.2, 0.25) is 0 Å². The van der Waals surface area contributed by atoms with Crippen LogP contribution in [0.15, 0.2) is 0 Å². The molecule has 0 saturated carbocycles. The van der Waals surface area contributed by atoms with Crippen molar-refractivity contribution in [3.63, 3.8) is 0 Å². The molecule has 0 radical (unpaired) electrons. The number of carboxylic acids is 2. The fourth-order valence-electron chi connectivity index (χ4n) is 1.16. The van der Waals surface area contributed by atoms with Gasteiger partial charge in [0.25, 0.3) is 0 Å². The third kappa shape index (κ3) is 10.6. The second-order valence-electron chi connectivity index (χ2n) is 3.90. The number of hydrogen-bond donors (Lipinski definition) is 6.